The van der Waals surface area contributed by atoms with Crippen LogP contribution in [0.15, 0.2) is 23.6 Å². The van der Waals surface area contributed by atoms with Gasteiger partial charge in [-0.15, -0.1) is 11.3 Å². The quantitative estimate of drug-likeness (QED) is 0.911. The number of aromatic nitrogens is 1. The number of thiophene rings is 1. The molecule has 5 heteroatoms. The van der Waals surface area contributed by atoms with Crippen LogP contribution >= 0.6 is 11.3 Å². The molecule has 0 atom stereocenters. The van der Waals surface area contributed by atoms with Gasteiger partial charge >= 0.3 is 0 Å². The van der Waals surface area contributed by atoms with Crippen molar-refractivity contribution in [2.45, 2.75) is 20.0 Å². The lowest BCUT2D eigenvalue weighted by Gasteiger charge is -2.35. The maximum absolute atomic E-state index is 12.4. The first kappa shape index (κ1) is 12.4. The number of rotatable bonds is 2. The van der Waals surface area contributed by atoms with Crippen LogP contribution in [-0.4, -0.2) is 39.7 Å². The zero-order valence-corrected chi connectivity index (χ0v) is 11.8. The van der Waals surface area contributed by atoms with Crippen molar-refractivity contribution in [3.05, 3.63) is 39.8 Å². The summed E-state index contributed by atoms with van der Waals surface area (Å²) in [6.07, 6.45) is -0.359. The number of aliphatic hydroxyl groups is 1. The average molecular weight is 276 g/mol. The van der Waals surface area contributed by atoms with Gasteiger partial charge in [-0.05, 0) is 37.4 Å². The fraction of sp³-hybridized carbons (Fsp3) is 0.357. The minimum absolute atomic E-state index is 0.0165. The van der Waals surface area contributed by atoms with Gasteiger partial charge in [0.25, 0.3) is 5.91 Å². The number of carbonyl (C=O) groups excluding carboxylic acids is 1. The number of amides is 1. The monoisotopic (exact) mass is 276 g/mol. The SMILES string of the molecule is Cc1ccc(C)n1-c1ccsc1C(=O)N1CC(O)C1. The number of aryl methyl sites for hydroxylation is 2. The molecule has 0 unspecified atom stereocenters. The van der Waals surface area contributed by atoms with Crippen LogP contribution in [0.4, 0.5) is 0 Å². The number of hydrogen-bond acceptors (Lipinski definition) is 3. The molecule has 1 amide bonds. The molecule has 2 aromatic rings. The van der Waals surface area contributed by atoms with Gasteiger partial charge in [0.1, 0.15) is 4.88 Å². The predicted octanol–water partition coefficient (Wildman–Crippen LogP) is 1.97. The van der Waals surface area contributed by atoms with Crippen molar-refractivity contribution >= 4 is 17.2 Å². The average Bonchev–Trinajstić information content (AvgIpc) is 2.91. The fourth-order valence-corrected chi connectivity index (χ4v) is 3.29. The highest BCUT2D eigenvalue weighted by Crippen LogP contribution is 2.27. The second-order valence-electron chi connectivity index (χ2n) is 4.95. The summed E-state index contributed by atoms with van der Waals surface area (Å²) in [5, 5.41) is 11.3. The molecule has 1 N–H and O–H groups in total. The lowest BCUT2D eigenvalue weighted by atomic mass is 10.1. The van der Waals surface area contributed by atoms with Crippen LogP contribution in [0.1, 0.15) is 21.1 Å². The molecule has 1 aliphatic rings. The van der Waals surface area contributed by atoms with E-state index in [1.54, 1.807) is 4.90 Å². The van der Waals surface area contributed by atoms with Crippen molar-refractivity contribution in [2.24, 2.45) is 0 Å². The summed E-state index contributed by atoms with van der Waals surface area (Å²) < 4.78 is 2.10. The molecule has 3 heterocycles. The van der Waals surface area contributed by atoms with Crippen molar-refractivity contribution in [2.75, 3.05) is 13.1 Å². The van der Waals surface area contributed by atoms with E-state index in [1.165, 1.54) is 11.3 Å². The molecule has 0 aliphatic carbocycles. The molecule has 0 aromatic carbocycles. The van der Waals surface area contributed by atoms with Gasteiger partial charge in [0, 0.05) is 24.5 Å². The first-order chi connectivity index (χ1) is 9.08. The van der Waals surface area contributed by atoms with E-state index in [0.717, 1.165) is 22.0 Å². The standard InChI is InChI=1S/C14H16N2O2S/c1-9-3-4-10(2)16(9)12-5-6-19-13(12)14(18)15-7-11(17)8-15/h3-6,11,17H,7-8H2,1-2H3. The van der Waals surface area contributed by atoms with Crippen LogP contribution in [0.2, 0.25) is 0 Å². The normalized spacial score (nSPS) is 15.6. The Kier molecular flexibility index (Phi) is 2.95. The van der Waals surface area contributed by atoms with E-state index in [1.807, 2.05) is 25.3 Å². The fourth-order valence-electron chi connectivity index (χ4n) is 2.45. The lowest BCUT2D eigenvalue weighted by Crippen LogP contribution is -2.53. The zero-order chi connectivity index (χ0) is 13.6. The van der Waals surface area contributed by atoms with Gasteiger partial charge in [0.15, 0.2) is 0 Å². The van der Waals surface area contributed by atoms with Crippen LogP contribution in [0, 0.1) is 13.8 Å². The van der Waals surface area contributed by atoms with Gasteiger partial charge in [0.05, 0.1) is 11.8 Å². The Morgan fingerprint density at radius 2 is 1.89 bits per heavy atom. The number of hydrogen-bond donors (Lipinski definition) is 1. The maximum Gasteiger partial charge on any atom is 0.266 e. The highest BCUT2D eigenvalue weighted by Gasteiger charge is 2.31. The molecule has 100 valence electrons. The van der Waals surface area contributed by atoms with Gasteiger partial charge in [-0.2, -0.15) is 0 Å². The van der Waals surface area contributed by atoms with Crippen LogP contribution in [-0.2, 0) is 0 Å². The predicted molar refractivity (Wildman–Crippen MR) is 75.0 cm³/mol. The Balaban J connectivity index is 1.97. The molecule has 1 saturated heterocycles. The largest absolute Gasteiger partial charge is 0.389 e. The number of nitrogens with zero attached hydrogens (tertiary/aromatic N) is 2. The molecule has 19 heavy (non-hydrogen) atoms. The van der Waals surface area contributed by atoms with Crippen LogP contribution in [0.25, 0.3) is 5.69 Å². The van der Waals surface area contributed by atoms with E-state index in [0.29, 0.717) is 13.1 Å². The van der Waals surface area contributed by atoms with Gasteiger partial charge in [-0.1, -0.05) is 0 Å². The molecule has 2 aromatic heterocycles. The molecule has 0 bridgehead atoms. The van der Waals surface area contributed by atoms with Crippen LogP contribution in [0.3, 0.4) is 0 Å². The highest BCUT2D eigenvalue weighted by molar-refractivity contribution is 7.12. The van der Waals surface area contributed by atoms with Gasteiger partial charge in [0.2, 0.25) is 0 Å². The topological polar surface area (TPSA) is 45.5 Å². The van der Waals surface area contributed by atoms with Gasteiger partial charge in [-0.25, -0.2) is 0 Å². The summed E-state index contributed by atoms with van der Waals surface area (Å²) in [7, 11) is 0. The molecular weight excluding hydrogens is 260 g/mol. The van der Waals surface area contributed by atoms with Gasteiger partial charge in [-0.3, -0.25) is 4.79 Å². The smallest absolute Gasteiger partial charge is 0.266 e. The molecule has 4 nitrogen and oxygen atoms in total. The van der Waals surface area contributed by atoms with Crippen LogP contribution in [0.5, 0.6) is 0 Å². The number of likely N-dealkylation sites (tertiary alicyclic amines) is 1. The molecule has 0 spiro atoms. The van der Waals surface area contributed by atoms with Crippen molar-refractivity contribution in [1.29, 1.82) is 0 Å². The third-order valence-corrected chi connectivity index (χ3v) is 4.39. The number of aliphatic hydroxyl groups excluding tert-OH is 1. The number of β-amino-alcohol motifs (C(OH)–C–C–N with tert-alkyl or cyclic N) is 1. The second-order valence-corrected chi connectivity index (χ2v) is 5.87. The number of carbonyl (C=O) groups is 1. The second kappa shape index (κ2) is 4.51. The van der Waals surface area contributed by atoms with Crippen molar-refractivity contribution in [3.63, 3.8) is 0 Å². The van der Waals surface area contributed by atoms with E-state index in [9.17, 15) is 9.90 Å². The first-order valence-corrected chi connectivity index (χ1v) is 7.16. The van der Waals surface area contributed by atoms with Crippen molar-refractivity contribution < 1.29 is 9.90 Å². The summed E-state index contributed by atoms with van der Waals surface area (Å²) >= 11 is 1.46. The molecule has 1 aliphatic heterocycles. The summed E-state index contributed by atoms with van der Waals surface area (Å²) in [5.41, 5.74) is 3.18. The summed E-state index contributed by atoms with van der Waals surface area (Å²) in [6, 6.07) is 6.08. The van der Waals surface area contributed by atoms with Gasteiger partial charge < -0.3 is 14.6 Å². The summed E-state index contributed by atoms with van der Waals surface area (Å²) in [5.74, 6) is 0.0165. The third-order valence-electron chi connectivity index (χ3n) is 3.50. The van der Waals surface area contributed by atoms with Crippen LogP contribution < -0.4 is 0 Å². The molecule has 1 fully saturated rings. The highest BCUT2D eigenvalue weighted by atomic mass is 32.1. The lowest BCUT2D eigenvalue weighted by molar-refractivity contribution is 0.00623. The molecule has 0 radical (unpaired) electrons. The minimum atomic E-state index is -0.359. The summed E-state index contributed by atoms with van der Waals surface area (Å²) in [4.78, 5) is 14.8. The first-order valence-electron chi connectivity index (χ1n) is 6.28. The Hall–Kier alpha value is -1.59. The Morgan fingerprint density at radius 1 is 1.26 bits per heavy atom. The molecular formula is C14H16N2O2S. The van der Waals surface area contributed by atoms with E-state index in [-0.39, 0.29) is 12.0 Å². The molecule has 3 rings (SSSR count). The Bertz CT molecular complexity index is 604. The van der Waals surface area contributed by atoms with Crippen molar-refractivity contribution in [3.8, 4) is 5.69 Å². The van der Waals surface area contributed by atoms with Crippen molar-refractivity contribution in [1.82, 2.24) is 9.47 Å². The van der Waals surface area contributed by atoms with E-state index >= 15 is 0 Å². The summed E-state index contributed by atoms with van der Waals surface area (Å²) in [6.45, 7) is 4.96. The van der Waals surface area contributed by atoms with E-state index < -0.39 is 0 Å². The maximum atomic E-state index is 12.4. The minimum Gasteiger partial charge on any atom is -0.389 e. The zero-order valence-electron chi connectivity index (χ0n) is 11.0. The Morgan fingerprint density at radius 3 is 2.47 bits per heavy atom. The molecule has 0 saturated carbocycles. The van der Waals surface area contributed by atoms with E-state index in [2.05, 4.69) is 16.7 Å². The Labute approximate surface area is 115 Å². The van der Waals surface area contributed by atoms with E-state index in [4.69, 9.17) is 0 Å². The third kappa shape index (κ3) is 1.99.